The Hall–Kier alpha value is -0.610. The molecule has 1 heterocycles. The first-order chi connectivity index (χ1) is 8.72. The fourth-order valence-electron chi connectivity index (χ4n) is 2.29. The van der Waals surface area contributed by atoms with Crippen molar-refractivity contribution in [1.82, 2.24) is 10.6 Å². The van der Waals surface area contributed by atoms with Crippen molar-refractivity contribution in [2.45, 2.75) is 71.0 Å². The van der Waals surface area contributed by atoms with Gasteiger partial charge in [0.05, 0.1) is 18.0 Å². The van der Waals surface area contributed by atoms with E-state index in [4.69, 9.17) is 5.73 Å². The molecule has 1 rings (SSSR count). The second-order valence-electron chi connectivity index (χ2n) is 5.29. The first kappa shape index (κ1) is 15.4. The maximum absolute atomic E-state index is 5.85. The first-order valence-corrected chi connectivity index (χ1v) is 7.51. The largest absolute Gasteiger partial charge is 0.387 e. The third-order valence-electron chi connectivity index (χ3n) is 3.48. The Bertz CT molecular complexity index is 240. The van der Waals surface area contributed by atoms with Gasteiger partial charge in [-0.15, -0.1) is 0 Å². The Labute approximate surface area is 112 Å². The molecule has 0 aliphatic carbocycles. The summed E-state index contributed by atoms with van der Waals surface area (Å²) >= 11 is 0. The van der Waals surface area contributed by atoms with Crippen LogP contribution >= 0.6 is 0 Å². The fourth-order valence-corrected chi connectivity index (χ4v) is 2.29. The van der Waals surface area contributed by atoms with E-state index in [0.717, 1.165) is 31.8 Å². The predicted molar refractivity (Wildman–Crippen MR) is 78.9 cm³/mol. The molecule has 1 aliphatic heterocycles. The number of unbranched alkanes of at least 4 members (excludes halogenated alkanes) is 1. The molecular formula is C14H30N4. The Balaban J connectivity index is 2.10. The van der Waals surface area contributed by atoms with Crippen LogP contribution in [0.1, 0.15) is 58.8 Å². The van der Waals surface area contributed by atoms with Crippen molar-refractivity contribution in [3.05, 3.63) is 0 Å². The van der Waals surface area contributed by atoms with Gasteiger partial charge in [-0.3, -0.25) is 4.99 Å². The van der Waals surface area contributed by atoms with Gasteiger partial charge in [-0.25, -0.2) is 0 Å². The van der Waals surface area contributed by atoms with Crippen molar-refractivity contribution in [2.24, 2.45) is 10.7 Å². The fraction of sp³-hybridized carbons (Fsp3) is 0.929. The molecule has 4 nitrogen and oxygen atoms in total. The van der Waals surface area contributed by atoms with Crippen LogP contribution in [0, 0.1) is 0 Å². The number of rotatable bonds is 8. The maximum Gasteiger partial charge on any atom is 0.0940 e. The molecule has 2 unspecified atom stereocenters. The summed E-state index contributed by atoms with van der Waals surface area (Å²) in [5.41, 5.74) is 5.85. The number of hydrogen-bond donors (Lipinski definition) is 3. The molecule has 0 aromatic carbocycles. The lowest BCUT2D eigenvalue weighted by Gasteiger charge is -2.17. The summed E-state index contributed by atoms with van der Waals surface area (Å²) in [5.74, 6) is 0.853. The van der Waals surface area contributed by atoms with Crippen LogP contribution in [0.25, 0.3) is 0 Å². The smallest absolute Gasteiger partial charge is 0.0940 e. The summed E-state index contributed by atoms with van der Waals surface area (Å²) in [7, 11) is 0. The van der Waals surface area contributed by atoms with Gasteiger partial charge in [-0.1, -0.05) is 19.8 Å². The second kappa shape index (κ2) is 9.34. The minimum atomic E-state index is 0.392. The zero-order valence-electron chi connectivity index (χ0n) is 12.0. The number of nitrogens with one attached hydrogen (secondary N) is 2. The van der Waals surface area contributed by atoms with Crippen LogP contribution in [0.15, 0.2) is 4.99 Å². The maximum atomic E-state index is 5.85. The highest BCUT2D eigenvalue weighted by Crippen LogP contribution is 2.14. The van der Waals surface area contributed by atoms with Crippen LogP contribution in [0.3, 0.4) is 0 Å². The van der Waals surface area contributed by atoms with Gasteiger partial charge in [0.1, 0.15) is 0 Å². The Morgan fingerprint density at radius 3 is 2.89 bits per heavy atom. The molecule has 0 radical (unpaired) electrons. The minimum absolute atomic E-state index is 0.392. The van der Waals surface area contributed by atoms with Crippen LogP contribution in [-0.2, 0) is 0 Å². The average molecular weight is 254 g/mol. The molecule has 18 heavy (non-hydrogen) atoms. The van der Waals surface area contributed by atoms with Gasteiger partial charge in [-0.2, -0.15) is 0 Å². The Morgan fingerprint density at radius 2 is 2.11 bits per heavy atom. The summed E-state index contributed by atoms with van der Waals surface area (Å²) in [6.45, 7) is 6.51. The molecule has 0 saturated carbocycles. The van der Waals surface area contributed by atoms with Crippen molar-refractivity contribution in [3.8, 4) is 0 Å². The van der Waals surface area contributed by atoms with E-state index in [0.29, 0.717) is 12.2 Å². The van der Waals surface area contributed by atoms with E-state index in [2.05, 4.69) is 29.5 Å². The Kier molecular flexibility index (Phi) is 8.01. The summed E-state index contributed by atoms with van der Waals surface area (Å²) in [6.07, 6.45) is 8.63. The molecule has 0 aromatic heterocycles. The summed E-state index contributed by atoms with van der Waals surface area (Å²) < 4.78 is 0. The normalized spacial score (nSPS) is 22.3. The summed E-state index contributed by atoms with van der Waals surface area (Å²) in [4.78, 5) is 4.58. The zero-order valence-corrected chi connectivity index (χ0v) is 12.0. The van der Waals surface area contributed by atoms with Gasteiger partial charge in [-0.05, 0) is 45.7 Å². The van der Waals surface area contributed by atoms with Gasteiger partial charge in [0.2, 0.25) is 0 Å². The quantitative estimate of drug-likeness (QED) is 0.458. The third kappa shape index (κ3) is 6.97. The number of amidine groups is 1. The van der Waals surface area contributed by atoms with Crippen molar-refractivity contribution in [3.63, 3.8) is 0 Å². The molecule has 0 aromatic rings. The molecule has 0 saturated heterocycles. The SMILES string of the molecule is CCCCNC(C)NCCC1CCCCC(N)=N1. The van der Waals surface area contributed by atoms with E-state index < -0.39 is 0 Å². The van der Waals surface area contributed by atoms with E-state index in [-0.39, 0.29) is 0 Å². The minimum Gasteiger partial charge on any atom is -0.387 e. The van der Waals surface area contributed by atoms with Crippen molar-refractivity contribution >= 4 is 5.84 Å². The highest BCUT2D eigenvalue weighted by atomic mass is 15.1. The summed E-state index contributed by atoms with van der Waals surface area (Å²) in [6, 6.07) is 0.433. The average Bonchev–Trinajstić information content (AvgIpc) is 2.54. The van der Waals surface area contributed by atoms with Crippen molar-refractivity contribution in [1.29, 1.82) is 0 Å². The number of nitrogens with zero attached hydrogens (tertiary/aromatic N) is 1. The molecular weight excluding hydrogens is 224 g/mol. The van der Waals surface area contributed by atoms with Crippen LogP contribution in [-0.4, -0.2) is 31.1 Å². The molecule has 0 amide bonds. The molecule has 2 atom stereocenters. The number of nitrogens with two attached hydrogens (primary N) is 1. The predicted octanol–water partition coefficient (Wildman–Crippen LogP) is 2.00. The van der Waals surface area contributed by atoms with Crippen LogP contribution < -0.4 is 16.4 Å². The van der Waals surface area contributed by atoms with Crippen LogP contribution in [0.4, 0.5) is 0 Å². The molecule has 106 valence electrons. The van der Waals surface area contributed by atoms with Crippen molar-refractivity contribution < 1.29 is 0 Å². The highest BCUT2D eigenvalue weighted by Gasteiger charge is 2.11. The first-order valence-electron chi connectivity index (χ1n) is 7.51. The summed E-state index contributed by atoms with van der Waals surface area (Å²) in [5, 5.41) is 6.97. The van der Waals surface area contributed by atoms with Gasteiger partial charge < -0.3 is 16.4 Å². The van der Waals surface area contributed by atoms with E-state index in [1.165, 1.54) is 32.1 Å². The Morgan fingerprint density at radius 1 is 1.33 bits per heavy atom. The lowest BCUT2D eigenvalue weighted by Crippen LogP contribution is -2.41. The molecule has 0 fully saturated rings. The van der Waals surface area contributed by atoms with E-state index >= 15 is 0 Å². The lowest BCUT2D eigenvalue weighted by molar-refractivity contribution is 0.427. The topological polar surface area (TPSA) is 62.4 Å². The number of aliphatic imine (C=N–C) groups is 1. The molecule has 0 spiro atoms. The van der Waals surface area contributed by atoms with E-state index in [1.807, 2.05) is 0 Å². The zero-order chi connectivity index (χ0) is 13.2. The third-order valence-corrected chi connectivity index (χ3v) is 3.48. The van der Waals surface area contributed by atoms with E-state index in [1.54, 1.807) is 0 Å². The van der Waals surface area contributed by atoms with Crippen molar-refractivity contribution in [2.75, 3.05) is 13.1 Å². The van der Waals surface area contributed by atoms with Gasteiger partial charge >= 0.3 is 0 Å². The highest BCUT2D eigenvalue weighted by molar-refractivity contribution is 5.80. The molecule has 4 N–H and O–H groups in total. The van der Waals surface area contributed by atoms with Crippen LogP contribution in [0.5, 0.6) is 0 Å². The second-order valence-corrected chi connectivity index (χ2v) is 5.29. The molecule has 1 aliphatic rings. The van der Waals surface area contributed by atoms with Gasteiger partial charge in [0.15, 0.2) is 0 Å². The monoisotopic (exact) mass is 254 g/mol. The molecule has 4 heteroatoms. The van der Waals surface area contributed by atoms with E-state index in [9.17, 15) is 0 Å². The number of hydrogen-bond acceptors (Lipinski definition) is 4. The van der Waals surface area contributed by atoms with Gasteiger partial charge in [0.25, 0.3) is 0 Å². The molecule has 0 bridgehead atoms. The van der Waals surface area contributed by atoms with Crippen LogP contribution in [0.2, 0.25) is 0 Å². The lowest BCUT2D eigenvalue weighted by atomic mass is 10.1. The van der Waals surface area contributed by atoms with Gasteiger partial charge in [0, 0.05) is 6.42 Å². The standard InChI is InChI=1S/C14H30N4/c1-3-4-10-16-12(2)17-11-9-13-7-5-6-8-14(15)18-13/h12-13,16-17H,3-11H2,1-2H3,(H2,15,18).